The second kappa shape index (κ2) is 6.40. The number of carbonyl (C=O) groups excluding carboxylic acids is 1. The summed E-state index contributed by atoms with van der Waals surface area (Å²) in [6.45, 7) is 1.81. The van der Waals surface area contributed by atoms with E-state index in [4.69, 9.17) is 0 Å². The maximum absolute atomic E-state index is 11.6. The van der Waals surface area contributed by atoms with E-state index in [1.165, 1.54) is 6.08 Å². The van der Waals surface area contributed by atoms with Crippen LogP contribution >= 0.6 is 0 Å². The molecule has 0 bridgehead atoms. The highest BCUT2D eigenvalue weighted by Crippen LogP contribution is 2.24. The molecule has 3 nitrogen and oxygen atoms in total. The molecule has 0 saturated heterocycles. The summed E-state index contributed by atoms with van der Waals surface area (Å²) in [4.78, 5) is 11.6. The molecule has 96 valence electrons. The first-order valence-electron chi connectivity index (χ1n) is 6.14. The van der Waals surface area contributed by atoms with Crippen LogP contribution in [-0.4, -0.2) is 5.91 Å². The van der Waals surface area contributed by atoms with Gasteiger partial charge in [-0.2, -0.15) is 0 Å². The van der Waals surface area contributed by atoms with Crippen LogP contribution in [0, 0.1) is 0 Å². The average Bonchev–Trinajstić information content (AvgIpc) is 2.42. The van der Waals surface area contributed by atoms with E-state index in [9.17, 15) is 4.79 Å². The Morgan fingerprint density at radius 2 is 1.58 bits per heavy atom. The maximum atomic E-state index is 11.6. The van der Waals surface area contributed by atoms with Crippen LogP contribution < -0.4 is 10.6 Å². The first kappa shape index (κ1) is 12.9. The van der Waals surface area contributed by atoms with Gasteiger partial charge in [-0.05, 0) is 37.3 Å². The van der Waals surface area contributed by atoms with Gasteiger partial charge in [0, 0.05) is 5.69 Å². The first-order valence-corrected chi connectivity index (χ1v) is 6.14. The molecule has 0 fully saturated rings. The highest BCUT2D eigenvalue weighted by atomic mass is 16.1. The number of amides is 1. The highest BCUT2D eigenvalue weighted by molar-refractivity contribution is 6.01. The number of para-hydroxylation sites is 3. The summed E-state index contributed by atoms with van der Waals surface area (Å²) in [5.74, 6) is -0.134. The number of allylic oxidation sites excluding steroid dienone is 1. The van der Waals surface area contributed by atoms with Crippen LogP contribution in [0.4, 0.5) is 17.1 Å². The van der Waals surface area contributed by atoms with Crippen molar-refractivity contribution in [1.82, 2.24) is 0 Å². The molecule has 0 aromatic heterocycles. The van der Waals surface area contributed by atoms with Crippen LogP contribution in [0.3, 0.4) is 0 Å². The molecular weight excluding hydrogens is 236 g/mol. The average molecular weight is 252 g/mol. The van der Waals surface area contributed by atoms with Gasteiger partial charge in [0.25, 0.3) is 0 Å². The quantitative estimate of drug-likeness (QED) is 0.809. The molecule has 19 heavy (non-hydrogen) atoms. The van der Waals surface area contributed by atoms with Gasteiger partial charge >= 0.3 is 0 Å². The number of nitrogens with one attached hydrogen (secondary N) is 2. The molecule has 0 spiro atoms. The van der Waals surface area contributed by atoms with E-state index in [2.05, 4.69) is 10.6 Å². The van der Waals surface area contributed by atoms with Crippen molar-refractivity contribution in [2.75, 3.05) is 10.6 Å². The van der Waals surface area contributed by atoms with Crippen LogP contribution in [0.15, 0.2) is 66.7 Å². The van der Waals surface area contributed by atoms with Crippen molar-refractivity contribution in [3.63, 3.8) is 0 Å². The van der Waals surface area contributed by atoms with E-state index in [1.807, 2.05) is 61.5 Å². The summed E-state index contributed by atoms with van der Waals surface area (Å²) < 4.78 is 0. The highest BCUT2D eigenvalue weighted by Gasteiger charge is 2.04. The lowest BCUT2D eigenvalue weighted by Crippen LogP contribution is -2.09. The zero-order valence-electron chi connectivity index (χ0n) is 10.8. The zero-order valence-corrected chi connectivity index (χ0v) is 10.8. The lowest BCUT2D eigenvalue weighted by Gasteiger charge is -2.12. The fraction of sp³-hybridized carbons (Fsp3) is 0.0625. The zero-order chi connectivity index (χ0) is 13.5. The molecule has 0 unspecified atom stereocenters. The van der Waals surface area contributed by atoms with Crippen molar-refractivity contribution in [2.45, 2.75) is 6.92 Å². The number of rotatable bonds is 4. The normalized spacial score (nSPS) is 10.4. The third-order valence-corrected chi connectivity index (χ3v) is 2.56. The second-order valence-electron chi connectivity index (χ2n) is 4.03. The topological polar surface area (TPSA) is 41.1 Å². The van der Waals surface area contributed by atoms with Gasteiger partial charge in [0.2, 0.25) is 5.91 Å². The third-order valence-electron chi connectivity index (χ3n) is 2.56. The molecule has 2 rings (SSSR count). The first-order chi connectivity index (χ1) is 9.29. The summed E-state index contributed by atoms with van der Waals surface area (Å²) in [5, 5.41) is 6.12. The van der Waals surface area contributed by atoms with Gasteiger partial charge in [-0.3, -0.25) is 4.79 Å². The van der Waals surface area contributed by atoms with E-state index in [-0.39, 0.29) is 5.91 Å². The third kappa shape index (κ3) is 3.71. The molecule has 3 heteroatoms. The molecule has 0 aliphatic carbocycles. The Labute approximate surface area is 113 Å². The Bertz CT molecular complexity index is 576. The Kier molecular flexibility index (Phi) is 4.34. The fourth-order valence-corrected chi connectivity index (χ4v) is 1.70. The largest absolute Gasteiger partial charge is 0.354 e. The van der Waals surface area contributed by atoms with Crippen molar-refractivity contribution in [3.05, 3.63) is 66.7 Å². The molecule has 0 atom stereocenters. The van der Waals surface area contributed by atoms with Crippen LogP contribution in [-0.2, 0) is 4.79 Å². The molecule has 2 aromatic carbocycles. The van der Waals surface area contributed by atoms with Gasteiger partial charge < -0.3 is 10.6 Å². The molecule has 2 N–H and O–H groups in total. The second-order valence-corrected chi connectivity index (χ2v) is 4.03. The smallest absolute Gasteiger partial charge is 0.248 e. The van der Waals surface area contributed by atoms with Gasteiger partial charge in [-0.15, -0.1) is 0 Å². The molecule has 0 radical (unpaired) electrons. The Hall–Kier alpha value is -2.55. The van der Waals surface area contributed by atoms with Crippen molar-refractivity contribution in [3.8, 4) is 0 Å². The van der Waals surface area contributed by atoms with Crippen LogP contribution in [0.25, 0.3) is 0 Å². The van der Waals surface area contributed by atoms with Crippen molar-refractivity contribution in [1.29, 1.82) is 0 Å². The SMILES string of the molecule is CC=CC(=O)Nc1ccccc1Nc1ccccc1. The molecule has 0 aliphatic rings. The molecular formula is C16H16N2O. The number of anilines is 3. The maximum Gasteiger partial charge on any atom is 0.248 e. The minimum Gasteiger partial charge on any atom is -0.354 e. The van der Waals surface area contributed by atoms with E-state index >= 15 is 0 Å². The lowest BCUT2D eigenvalue weighted by atomic mass is 10.2. The van der Waals surface area contributed by atoms with Gasteiger partial charge in [0.15, 0.2) is 0 Å². The van der Waals surface area contributed by atoms with Crippen molar-refractivity contribution < 1.29 is 4.79 Å². The summed E-state index contributed by atoms with van der Waals surface area (Å²) in [7, 11) is 0. The minimum atomic E-state index is -0.134. The van der Waals surface area contributed by atoms with Crippen LogP contribution in [0.2, 0.25) is 0 Å². The molecule has 2 aromatic rings. The van der Waals surface area contributed by atoms with E-state index in [0.29, 0.717) is 0 Å². The predicted octanol–water partition coefficient (Wildman–Crippen LogP) is 3.94. The van der Waals surface area contributed by atoms with Gasteiger partial charge in [0.05, 0.1) is 11.4 Å². The molecule has 1 amide bonds. The van der Waals surface area contributed by atoms with Crippen molar-refractivity contribution in [2.24, 2.45) is 0 Å². The number of hydrogen-bond donors (Lipinski definition) is 2. The monoisotopic (exact) mass is 252 g/mol. The Morgan fingerprint density at radius 1 is 0.947 bits per heavy atom. The van der Waals surface area contributed by atoms with E-state index < -0.39 is 0 Å². The van der Waals surface area contributed by atoms with E-state index in [0.717, 1.165) is 17.1 Å². The summed E-state index contributed by atoms with van der Waals surface area (Å²) in [6, 6.07) is 17.5. The summed E-state index contributed by atoms with van der Waals surface area (Å²) in [6.07, 6.45) is 3.21. The van der Waals surface area contributed by atoms with Gasteiger partial charge in [-0.1, -0.05) is 36.4 Å². The number of hydrogen-bond acceptors (Lipinski definition) is 2. The standard InChI is InChI=1S/C16H16N2O/c1-2-8-16(19)18-15-12-7-6-11-14(15)17-13-9-4-3-5-10-13/h2-12,17H,1H3,(H,18,19). The van der Waals surface area contributed by atoms with Gasteiger partial charge in [-0.25, -0.2) is 0 Å². The number of carbonyl (C=O) groups is 1. The van der Waals surface area contributed by atoms with Crippen LogP contribution in [0.1, 0.15) is 6.92 Å². The fourth-order valence-electron chi connectivity index (χ4n) is 1.70. The van der Waals surface area contributed by atoms with Crippen LogP contribution in [0.5, 0.6) is 0 Å². The molecule has 0 aliphatic heterocycles. The molecule has 0 saturated carbocycles. The van der Waals surface area contributed by atoms with Crippen molar-refractivity contribution >= 4 is 23.0 Å². The van der Waals surface area contributed by atoms with E-state index in [1.54, 1.807) is 6.08 Å². The number of benzene rings is 2. The Morgan fingerprint density at radius 3 is 2.26 bits per heavy atom. The predicted molar refractivity (Wildman–Crippen MR) is 79.6 cm³/mol. The Balaban J connectivity index is 2.19. The lowest BCUT2D eigenvalue weighted by molar-refractivity contribution is -0.111. The summed E-state index contributed by atoms with van der Waals surface area (Å²) in [5.41, 5.74) is 2.61. The minimum absolute atomic E-state index is 0.134. The van der Waals surface area contributed by atoms with Gasteiger partial charge in [0.1, 0.15) is 0 Å². The summed E-state index contributed by atoms with van der Waals surface area (Å²) >= 11 is 0. The molecule has 0 heterocycles.